The van der Waals surface area contributed by atoms with Crippen LogP contribution in [0.1, 0.15) is 17.5 Å². The van der Waals surface area contributed by atoms with Crippen molar-refractivity contribution in [2.24, 2.45) is 0 Å². The van der Waals surface area contributed by atoms with Gasteiger partial charge in [-0.2, -0.15) is 0 Å². The Balaban J connectivity index is 2.13. The van der Waals surface area contributed by atoms with Crippen molar-refractivity contribution in [1.29, 1.82) is 0 Å². The molecule has 0 bridgehead atoms. The first-order valence-electron chi connectivity index (χ1n) is 5.95. The number of rotatable bonds is 2. The lowest BCUT2D eigenvalue weighted by Crippen LogP contribution is -2.33. The molecule has 0 radical (unpaired) electrons. The zero-order valence-corrected chi connectivity index (χ0v) is 10.6. The molecule has 96 valence electrons. The van der Waals surface area contributed by atoms with Crippen LogP contribution in [0, 0.1) is 0 Å². The van der Waals surface area contributed by atoms with E-state index >= 15 is 0 Å². The molecule has 0 fully saturated rings. The van der Waals surface area contributed by atoms with E-state index < -0.39 is 0 Å². The Bertz CT molecular complexity index is 485. The first-order chi connectivity index (χ1) is 8.61. The molecule has 0 spiro atoms. The molecule has 2 N–H and O–H groups in total. The van der Waals surface area contributed by atoms with Crippen molar-refractivity contribution in [1.82, 2.24) is 10.6 Å². The quantitative estimate of drug-likeness (QED) is 0.819. The van der Waals surface area contributed by atoms with Crippen molar-refractivity contribution >= 4 is 17.6 Å². The third-order valence-electron chi connectivity index (χ3n) is 3.17. The molecule has 0 unspecified atom stereocenters. The molecule has 2 rings (SSSR count). The standard InChI is InChI=1S/C13H17N3O2/c1-14-13(18)15-8-9-3-5-11-10(7-9)4-6-12(17)16(11)2/h3,5,7H,4,6,8H2,1-2H3,(H2,14,15,18). The van der Waals surface area contributed by atoms with Crippen LogP contribution in [0.2, 0.25) is 0 Å². The summed E-state index contributed by atoms with van der Waals surface area (Å²) in [5.74, 6) is 0.152. The van der Waals surface area contributed by atoms with E-state index in [0.717, 1.165) is 23.2 Å². The van der Waals surface area contributed by atoms with Crippen molar-refractivity contribution in [3.63, 3.8) is 0 Å². The Morgan fingerprint density at radius 1 is 1.39 bits per heavy atom. The highest BCUT2D eigenvalue weighted by Crippen LogP contribution is 2.27. The smallest absolute Gasteiger partial charge is 0.314 e. The van der Waals surface area contributed by atoms with E-state index in [1.54, 1.807) is 19.0 Å². The minimum absolute atomic E-state index is 0.152. The molecule has 0 saturated carbocycles. The third kappa shape index (κ3) is 2.45. The molecule has 0 aromatic heterocycles. The molecule has 1 aliphatic rings. The van der Waals surface area contributed by atoms with Gasteiger partial charge < -0.3 is 15.5 Å². The van der Waals surface area contributed by atoms with Gasteiger partial charge in [0.05, 0.1) is 0 Å². The molecular weight excluding hydrogens is 230 g/mol. The molecule has 0 atom stereocenters. The van der Waals surface area contributed by atoms with Crippen molar-refractivity contribution in [3.05, 3.63) is 29.3 Å². The molecule has 3 amide bonds. The molecule has 1 heterocycles. The number of hydrogen-bond acceptors (Lipinski definition) is 2. The van der Waals surface area contributed by atoms with Crippen LogP contribution in [0.5, 0.6) is 0 Å². The van der Waals surface area contributed by atoms with Gasteiger partial charge in [-0.15, -0.1) is 0 Å². The molecule has 0 saturated heterocycles. The molecule has 1 aromatic carbocycles. The highest BCUT2D eigenvalue weighted by Gasteiger charge is 2.20. The van der Waals surface area contributed by atoms with Gasteiger partial charge in [-0.1, -0.05) is 12.1 Å². The maximum Gasteiger partial charge on any atom is 0.314 e. The number of carbonyl (C=O) groups excluding carboxylic acids is 2. The fourth-order valence-electron chi connectivity index (χ4n) is 2.09. The number of benzene rings is 1. The lowest BCUT2D eigenvalue weighted by Gasteiger charge is -2.26. The number of urea groups is 1. The molecule has 1 aromatic rings. The topological polar surface area (TPSA) is 61.4 Å². The van der Waals surface area contributed by atoms with Crippen molar-refractivity contribution in [2.45, 2.75) is 19.4 Å². The Morgan fingerprint density at radius 2 is 2.17 bits per heavy atom. The zero-order valence-electron chi connectivity index (χ0n) is 10.6. The predicted molar refractivity (Wildman–Crippen MR) is 69.5 cm³/mol. The summed E-state index contributed by atoms with van der Waals surface area (Å²) in [5.41, 5.74) is 3.17. The molecular formula is C13H17N3O2. The second-order valence-electron chi connectivity index (χ2n) is 4.35. The van der Waals surface area contributed by atoms with Crippen LogP contribution in [-0.4, -0.2) is 26.0 Å². The molecule has 5 nitrogen and oxygen atoms in total. The summed E-state index contributed by atoms with van der Waals surface area (Å²) >= 11 is 0. The predicted octanol–water partition coefficient (Wildman–Crippen LogP) is 1.02. The van der Waals surface area contributed by atoms with Gasteiger partial charge in [0.15, 0.2) is 0 Å². The lowest BCUT2D eigenvalue weighted by atomic mass is 9.99. The van der Waals surface area contributed by atoms with Crippen LogP contribution >= 0.6 is 0 Å². The van der Waals surface area contributed by atoms with Gasteiger partial charge in [-0.3, -0.25) is 4.79 Å². The van der Waals surface area contributed by atoms with Gasteiger partial charge in [0.25, 0.3) is 0 Å². The number of nitrogens with zero attached hydrogens (tertiary/aromatic N) is 1. The monoisotopic (exact) mass is 247 g/mol. The van der Waals surface area contributed by atoms with Crippen molar-refractivity contribution < 1.29 is 9.59 Å². The SMILES string of the molecule is CNC(=O)NCc1ccc2c(c1)CCC(=O)N2C. The largest absolute Gasteiger partial charge is 0.341 e. The van der Waals surface area contributed by atoms with Gasteiger partial charge >= 0.3 is 6.03 Å². The maximum atomic E-state index is 11.6. The van der Waals surface area contributed by atoms with E-state index in [4.69, 9.17) is 0 Å². The van der Waals surface area contributed by atoms with E-state index in [-0.39, 0.29) is 11.9 Å². The van der Waals surface area contributed by atoms with Crippen LogP contribution in [-0.2, 0) is 17.8 Å². The first kappa shape index (κ1) is 12.4. The number of fused-ring (bicyclic) bond motifs is 1. The Labute approximate surface area is 106 Å². The Morgan fingerprint density at radius 3 is 2.89 bits per heavy atom. The Kier molecular flexibility index (Phi) is 3.50. The summed E-state index contributed by atoms with van der Waals surface area (Å²) < 4.78 is 0. The second-order valence-corrected chi connectivity index (χ2v) is 4.35. The van der Waals surface area contributed by atoms with E-state index in [0.29, 0.717) is 13.0 Å². The normalized spacial score (nSPS) is 14.1. The third-order valence-corrected chi connectivity index (χ3v) is 3.17. The van der Waals surface area contributed by atoms with E-state index in [1.165, 1.54) is 0 Å². The number of hydrogen-bond donors (Lipinski definition) is 2. The average Bonchev–Trinajstić information content (AvgIpc) is 2.40. The fourth-order valence-corrected chi connectivity index (χ4v) is 2.09. The number of amides is 3. The Hall–Kier alpha value is -2.04. The summed E-state index contributed by atoms with van der Waals surface area (Å²) in [6, 6.07) is 5.73. The summed E-state index contributed by atoms with van der Waals surface area (Å²) in [7, 11) is 3.38. The summed E-state index contributed by atoms with van der Waals surface area (Å²) in [6.07, 6.45) is 1.32. The molecule has 5 heteroatoms. The minimum Gasteiger partial charge on any atom is -0.341 e. The van der Waals surface area contributed by atoms with Gasteiger partial charge in [-0.25, -0.2) is 4.79 Å². The maximum absolute atomic E-state index is 11.6. The van der Waals surface area contributed by atoms with Gasteiger partial charge in [0.2, 0.25) is 5.91 Å². The number of anilines is 1. The highest BCUT2D eigenvalue weighted by molar-refractivity contribution is 5.95. The molecule has 18 heavy (non-hydrogen) atoms. The van der Waals surface area contributed by atoms with Gasteiger partial charge in [0, 0.05) is 32.7 Å². The van der Waals surface area contributed by atoms with Gasteiger partial charge in [0.1, 0.15) is 0 Å². The minimum atomic E-state index is -0.194. The molecule has 1 aliphatic heterocycles. The van der Waals surface area contributed by atoms with Crippen molar-refractivity contribution in [2.75, 3.05) is 19.0 Å². The number of nitrogens with one attached hydrogen (secondary N) is 2. The summed E-state index contributed by atoms with van der Waals surface area (Å²) in [6.45, 7) is 0.491. The fraction of sp³-hybridized carbons (Fsp3) is 0.385. The number of aryl methyl sites for hydroxylation is 1. The van der Waals surface area contributed by atoms with Crippen molar-refractivity contribution in [3.8, 4) is 0 Å². The second kappa shape index (κ2) is 5.08. The summed E-state index contributed by atoms with van der Waals surface area (Å²) in [5, 5.41) is 5.25. The van der Waals surface area contributed by atoms with Crippen LogP contribution in [0.4, 0.5) is 10.5 Å². The van der Waals surface area contributed by atoms with Gasteiger partial charge in [-0.05, 0) is 23.6 Å². The zero-order chi connectivity index (χ0) is 13.1. The molecule has 0 aliphatic carbocycles. The first-order valence-corrected chi connectivity index (χ1v) is 5.95. The average molecular weight is 247 g/mol. The number of carbonyl (C=O) groups is 2. The van der Waals surface area contributed by atoms with E-state index in [1.807, 2.05) is 18.2 Å². The van der Waals surface area contributed by atoms with E-state index in [9.17, 15) is 9.59 Å². The lowest BCUT2D eigenvalue weighted by molar-refractivity contribution is -0.118. The van der Waals surface area contributed by atoms with Crippen LogP contribution < -0.4 is 15.5 Å². The van der Waals surface area contributed by atoms with Crippen LogP contribution in [0.15, 0.2) is 18.2 Å². The highest BCUT2D eigenvalue weighted by atomic mass is 16.2. The van der Waals surface area contributed by atoms with E-state index in [2.05, 4.69) is 10.6 Å². The van der Waals surface area contributed by atoms with Crippen LogP contribution in [0.25, 0.3) is 0 Å². The van der Waals surface area contributed by atoms with Crippen LogP contribution in [0.3, 0.4) is 0 Å². The summed E-state index contributed by atoms with van der Waals surface area (Å²) in [4.78, 5) is 24.3.